The largest absolute Gasteiger partial charge is 0.493 e. The van der Waals surface area contributed by atoms with Crippen LogP contribution in [0.15, 0.2) is 85.4 Å². The highest BCUT2D eigenvalue weighted by Gasteiger charge is 2.36. The van der Waals surface area contributed by atoms with E-state index in [1.54, 1.807) is 13.2 Å². The molecule has 1 amide bonds. The molecule has 7 heteroatoms. The van der Waals surface area contributed by atoms with Gasteiger partial charge in [-0.3, -0.25) is 4.79 Å². The van der Waals surface area contributed by atoms with Crippen LogP contribution in [0.25, 0.3) is 6.08 Å². The fourth-order valence-corrected chi connectivity index (χ4v) is 5.57. The number of carbonyl (C=O) groups is 1. The summed E-state index contributed by atoms with van der Waals surface area (Å²) < 4.78 is 26.2. The second kappa shape index (κ2) is 12.9. The quantitative estimate of drug-likeness (QED) is 0.183. The van der Waals surface area contributed by atoms with Gasteiger partial charge in [-0.05, 0) is 90.2 Å². The highest BCUT2D eigenvalue weighted by Crippen LogP contribution is 2.44. The third-order valence-electron chi connectivity index (χ3n) is 7.95. The summed E-state index contributed by atoms with van der Waals surface area (Å²) in [6.07, 6.45) is 2.59. The number of nitrogens with zero attached hydrogens (tertiary/aromatic N) is 2. The first-order valence-electron chi connectivity index (χ1n) is 14.4. The van der Waals surface area contributed by atoms with E-state index in [1.165, 1.54) is 12.1 Å². The Morgan fingerprint density at radius 1 is 1.07 bits per heavy atom. The molecule has 43 heavy (non-hydrogen) atoms. The number of hydrogen-bond donors (Lipinski definition) is 0. The number of methoxy groups -OCH3 is 1. The van der Waals surface area contributed by atoms with Crippen LogP contribution < -0.4 is 19.3 Å². The van der Waals surface area contributed by atoms with Gasteiger partial charge in [-0.15, -0.1) is 0 Å². The molecule has 1 aliphatic rings. The number of hydrogen-bond acceptors (Lipinski definition) is 4. The molecule has 5 rings (SSSR count). The molecule has 0 saturated heterocycles. The van der Waals surface area contributed by atoms with E-state index < -0.39 is 6.04 Å². The maximum Gasteiger partial charge on any atom is 0.232 e. The van der Waals surface area contributed by atoms with E-state index in [0.29, 0.717) is 28.6 Å². The zero-order valence-electron chi connectivity index (χ0n) is 24.9. The van der Waals surface area contributed by atoms with Crippen LogP contribution in [0.4, 0.5) is 15.8 Å². The summed E-state index contributed by atoms with van der Waals surface area (Å²) in [6, 6.07) is 24.2. The molecule has 4 aromatic rings. The van der Waals surface area contributed by atoms with Gasteiger partial charge < -0.3 is 19.3 Å². The van der Waals surface area contributed by atoms with Gasteiger partial charge in [0.2, 0.25) is 5.91 Å². The van der Waals surface area contributed by atoms with Crippen molar-refractivity contribution in [2.45, 2.75) is 45.4 Å². The number of benzene rings is 4. The van der Waals surface area contributed by atoms with Crippen LogP contribution in [-0.4, -0.2) is 26.2 Å². The fourth-order valence-electron chi connectivity index (χ4n) is 5.44. The maximum absolute atomic E-state index is 14.3. The summed E-state index contributed by atoms with van der Waals surface area (Å²) in [5, 5.41) is 0.625. The minimum absolute atomic E-state index is 0.00297. The first-order valence-corrected chi connectivity index (χ1v) is 14.8. The molecule has 0 aliphatic carbocycles. The second-order valence-electron chi connectivity index (χ2n) is 10.9. The molecule has 0 spiro atoms. The zero-order chi connectivity index (χ0) is 30.7. The van der Waals surface area contributed by atoms with Crippen LogP contribution in [0, 0.1) is 5.82 Å². The van der Waals surface area contributed by atoms with Gasteiger partial charge in [-0.2, -0.15) is 0 Å². The first-order chi connectivity index (χ1) is 20.7. The topological polar surface area (TPSA) is 42.0 Å². The summed E-state index contributed by atoms with van der Waals surface area (Å²) >= 11 is 6.25. The molecular formula is C36H36ClFN2O3. The van der Waals surface area contributed by atoms with Gasteiger partial charge in [-0.1, -0.05) is 55.4 Å². The van der Waals surface area contributed by atoms with Gasteiger partial charge >= 0.3 is 0 Å². The first kappa shape index (κ1) is 30.2. The number of fused-ring (bicyclic) bond motifs is 1. The number of halogens is 2. The number of amides is 1. The molecule has 0 fully saturated rings. The van der Waals surface area contributed by atoms with Crippen LogP contribution >= 0.6 is 11.6 Å². The fraction of sp³-hybridized carbons (Fsp3) is 0.250. The van der Waals surface area contributed by atoms with E-state index >= 15 is 0 Å². The molecule has 0 bridgehead atoms. The van der Waals surface area contributed by atoms with Crippen molar-refractivity contribution < 1.29 is 18.7 Å². The Kier molecular flexibility index (Phi) is 9.07. The average Bonchev–Trinajstić information content (AvgIpc) is 3.01. The Labute approximate surface area is 258 Å². The Bertz CT molecular complexity index is 1620. The molecule has 1 aliphatic heterocycles. The monoisotopic (exact) mass is 598 g/mol. The normalized spacial score (nSPS) is 15.1. The van der Waals surface area contributed by atoms with Crippen LogP contribution in [0.5, 0.6) is 11.5 Å². The summed E-state index contributed by atoms with van der Waals surface area (Å²) in [6.45, 7) is 8.28. The average molecular weight is 599 g/mol. The van der Waals surface area contributed by atoms with E-state index in [4.69, 9.17) is 21.1 Å². The Hall–Kier alpha value is -4.29. The van der Waals surface area contributed by atoms with Gasteiger partial charge in [0, 0.05) is 35.6 Å². The molecule has 5 nitrogen and oxygen atoms in total. The number of anilines is 2. The number of carbonyl (C=O) groups excluding carboxylic acids is 1. The lowest BCUT2D eigenvalue weighted by atomic mass is 9.86. The van der Waals surface area contributed by atoms with Crippen LogP contribution in [0.2, 0.25) is 5.02 Å². The standard InChI is InChI=1S/C36H36ClFN2O3/c1-6-23(3)43-34-21-31-27(19-33(34)42-5)20-35(41)40(36(31)26-10-12-28(37)13-11-26)30-16-14-29(15-17-30)39(4)22-24-8-9-25(7-2)32(38)18-24/h7-19,21,23,36H,2,6,20,22H2,1,3-5H3. The van der Waals surface area contributed by atoms with Crippen LogP contribution in [-0.2, 0) is 17.8 Å². The lowest BCUT2D eigenvalue weighted by Gasteiger charge is -2.38. The van der Waals surface area contributed by atoms with Gasteiger partial charge in [-0.25, -0.2) is 4.39 Å². The Balaban J connectivity index is 1.51. The van der Waals surface area contributed by atoms with Crippen molar-refractivity contribution in [2.75, 3.05) is 24.0 Å². The molecule has 222 valence electrons. The van der Waals surface area contributed by atoms with Crippen LogP contribution in [0.1, 0.15) is 54.1 Å². The summed E-state index contributed by atoms with van der Waals surface area (Å²) in [7, 11) is 3.57. The Morgan fingerprint density at radius 3 is 2.42 bits per heavy atom. The second-order valence-corrected chi connectivity index (χ2v) is 11.3. The Morgan fingerprint density at radius 2 is 1.79 bits per heavy atom. The maximum atomic E-state index is 14.3. The summed E-state index contributed by atoms with van der Waals surface area (Å²) in [5.74, 6) is 0.952. The highest BCUT2D eigenvalue weighted by molar-refractivity contribution is 6.30. The van der Waals surface area contributed by atoms with E-state index in [9.17, 15) is 9.18 Å². The molecule has 0 N–H and O–H groups in total. The van der Waals surface area contributed by atoms with Gasteiger partial charge in [0.15, 0.2) is 11.5 Å². The van der Waals surface area contributed by atoms with Crippen LogP contribution in [0.3, 0.4) is 0 Å². The lowest BCUT2D eigenvalue weighted by Crippen LogP contribution is -2.41. The van der Waals surface area contributed by atoms with Gasteiger partial charge in [0.05, 0.1) is 25.7 Å². The van der Waals surface area contributed by atoms with E-state index in [0.717, 1.165) is 40.0 Å². The van der Waals surface area contributed by atoms with Crippen molar-refractivity contribution in [3.63, 3.8) is 0 Å². The predicted octanol–water partition coefficient (Wildman–Crippen LogP) is 8.62. The van der Waals surface area contributed by atoms with Gasteiger partial charge in [0.1, 0.15) is 5.82 Å². The number of rotatable bonds is 10. The van der Waals surface area contributed by atoms with Crippen molar-refractivity contribution in [3.05, 3.63) is 124 Å². The molecule has 2 atom stereocenters. The van der Waals surface area contributed by atoms with Crippen molar-refractivity contribution in [1.82, 2.24) is 0 Å². The molecule has 0 saturated carbocycles. The molecular weight excluding hydrogens is 563 g/mol. The smallest absolute Gasteiger partial charge is 0.232 e. The van der Waals surface area contributed by atoms with E-state index in [2.05, 4.69) is 13.5 Å². The number of ether oxygens (including phenoxy) is 2. The van der Waals surface area contributed by atoms with Gasteiger partial charge in [0.25, 0.3) is 0 Å². The van der Waals surface area contributed by atoms with Crippen molar-refractivity contribution in [3.8, 4) is 11.5 Å². The minimum Gasteiger partial charge on any atom is -0.493 e. The van der Waals surface area contributed by atoms with E-state index in [1.807, 2.05) is 90.5 Å². The third kappa shape index (κ3) is 6.40. The molecule has 4 aromatic carbocycles. The third-order valence-corrected chi connectivity index (χ3v) is 8.20. The zero-order valence-corrected chi connectivity index (χ0v) is 25.7. The van der Waals surface area contributed by atoms with Crippen molar-refractivity contribution in [1.29, 1.82) is 0 Å². The van der Waals surface area contributed by atoms with Crippen molar-refractivity contribution >= 4 is 35.0 Å². The van der Waals surface area contributed by atoms with Crippen molar-refractivity contribution in [2.24, 2.45) is 0 Å². The van der Waals surface area contributed by atoms with E-state index in [-0.39, 0.29) is 24.2 Å². The molecule has 2 unspecified atom stereocenters. The minimum atomic E-state index is -0.395. The molecule has 0 radical (unpaired) electrons. The molecule has 0 aromatic heterocycles. The highest BCUT2D eigenvalue weighted by atomic mass is 35.5. The summed E-state index contributed by atoms with van der Waals surface area (Å²) in [4.78, 5) is 17.7. The lowest BCUT2D eigenvalue weighted by molar-refractivity contribution is -0.118. The summed E-state index contributed by atoms with van der Waals surface area (Å²) in [5.41, 5.74) is 5.87. The molecule has 1 heterocycles. The SMILES string of the molecule is C=Cc1ccc(CN(C)c2ccc(N3C(=O)Cc4cc(OC)c(OC(C)CC)cc4C3c3ccc(Cl)cc3)cc2)cc1F. The predicted molar refractivity (Wildman–Crippen MR) is 173 cm³/mol.